The summed E-state index contributed by atoms with van der Waals surface area (Å²) >= 11 is 5.82. The molecule has 17 heavy (non-hydrogen) atoms. The lowest BCUT2D eigenvalue weighted by atomic mass is 10.4. The number of methoxy groups -OCH3 is 1. The maximum atomic E-state index is 12.5. The molecule has 0 aliphatic rings. The van der Waals surface area contributed by atoms with Crippen LogP contribution in [0, 0.1) is 0 Å². The smallest absolute Gasteiger partial charge is 0.324 e. The second-order valence-electron chi connectivity index (χ2n) is 3.36. The van der Waals surface area contributed by atoms with E-state index in [0.717, 1.165) is 0 Å². The quantitative estimate of drug-likeness (QED) is 0.469. The van der Waals surface area contributed by atoms with E-state index in [1.54, 1.807) is 24.3 Å². The number of benzene rings is 1. The van der Waals surface area contributed by atoms with E-state index in [1.165, 1.54) is 14.2 Å². The first-order valence-corrected chi connectivity index (χ1v) is 7.20. The monoisotopic (exact) mass is 276 g/mol. The molecule has 0 saturated heterocycles. The zero-order valence-electron chi connectivity index (χ0n) is 9.63. The maximum absolute atomic E-state index is 12.5. The van der Waals surface area contributed by atoms with Crippen LogP contribution in [-0.4, -0.2) is 31.7 Å². The summed E-state index contributed by atoms with van der Waals surface area (Å²) in [6, 6.07) is 8.68. The van der Waals surface area contributed by atoms with Crippen molar-refractivity contribution >= 4 is 30.2 Å². The Morgan fingerprint density at radius 1 is 1.35 bits per heavy atom. The van der Waals surface area contributed by atoms with Crippen LogP contribution in [0.3, 0.4) is 0 Å². The highest BCUT2D eigenvalue weighted by Gasteiger charge is 2.31. The molecule has 0 radical (unpaired) electrons. The second kappa shape index (κ2) is 6.20. The van der Waals surface area contributed by atoms with E-state index in [1.807, 2.05) is 6.07 Å². The number of halogens is 1. The molecule has 0 bridgehead atoms. The number of alkyl halides is 1. The molecular formula is C11H14ClO4P. The van der Waals surface area contributed by atoms with Gasteiger partial charge in [-0.15, -0.1) is 11.6 Å². The Bertz CT molecular complexity index is 421. The Hall–Kier alpha value is -0.830. The van der Waals surface area contributed by atoms with Gasteiger partial charge in [-0.25, -0.2) is 0 Å². The van der Waals surface area contributed by atoms with Gasteiger partial charge >= 0.3 is 5.97 Å². The average molecular weight is 277 g/mol. The maximum Gasteiger partial charge on any atom is 0.324 e. The summed E-state index contributed by atoms with van der Waals surface area (Å²) < 4.78 is 22.0. The Morgan fingerprint density at radius 2 is 1.94 bits per heavy atom. The predicted octanol–water partition coefficient (Wildman–Crippen LogP) is 2.02. The highest BCUT2D eigenvalue weighted by atomic mass is 35.5. The zero-order chi connectivity index (χ0) is 12.9. The first kappa shape index (κ1) is 14.2. The fraction of sp³-hybridized carbons (Fsp3) is 0.364. The number of esters is 1. The van der Waals surface area contributed by atoms with E-state index >= 15 is 0 Å². The highest BCUT2D eigenvalue weighted by Crippen LogP contribution is 2.46. The van der Waals surface area contributed by atoms with Crippen molar-refractivity contribution in [3.05, 3.63) is 30.3 Å². The molecule has 2 unspecified atom stereocenters. The number of hydrogen-bond donors (Lipinski definition) is 0. The minimum atomic E-state index is -3.11. The van der Waals surface area contributed by atoms with Crippen LogP contribution in [0.1, 0.15) is 0 Å². The predicted molar refractivity (Wildman–Crippen MR) is 67.2 cm³/mol. The molecule has 4 nitrogen and oxygen atoms in total. The Morgan fingerprint density at radius 3 is 2.41 bits per heavy atom. The van der Waals surface area contributed by atoms with E-state index < -0.39 is 18.7 Å². The summed E-state index contributed by atoms with van der Waals surface area (Å²) in [6.45, 7) is 0. The molecular weight excluding hydrogens is 263 g/mol. The van der Waals surface area contributed by atoms with Crippen molar-refractivity contribution < 1.29 is 18.6 Å². The third-order valence-corrected chi connectivity index (χ3v) is 5.37. The standard InChI is InChI=1S/C11H14ClO4P/c1-15-11(13)10(12)8-17(14,16-2)9-6-4-3-5-7-9/h3-7,10H,8H2,1-2H3. The van der Waals surface area contributed by atoms with Gasteiger partial charge in [-0.1, -0.05) is 18.2 Å². The van der Waals surface area contributed by atoms with Crippen LogP contribution in [0.4, 0.5) is 0 Å². The van der Waals surface area contributed by atoms with Crippen molar-refractivity contribution in [2.45, 2.75) is 5.38 Å². The van der Waals surface area contributed by atoms with Crippen molar-refractivity contribution in [1.29, 1.82) is 0 Å². The fourth-order valence-electron chi connectivity index (χ4n) is 1.35. The lowest BCUT2D eigenvalue weighted by molar-refractivity contribution is -0.139. The lowest BCUT2D eigenvalue weighted by Gasteiger charge is -2.18. The molecule has 0 fully saturated rings. The molecule has 0 amide bonds. The third kappa shape index (κ3) is 3.56. The normalized spacial score (nSPS) is 15.9. The van der Waals surface area contributed by atoms with Crippen molar-refractivity contribution in [3.8, 4) is 0 Å². The van der Waals surface area contributed by atoms with Crippen LogP contribution in [0.5, 0.6) is 0 Å². The Labute approximate surface area is 105 Å². The van der Waals surface area contributed by atoms with Gasteiger partial charge in [-0.2, -0.15) is 0 Å². The molecule has 0 saturated carbocycles. The minimum Gasteiger partial charge on any atom is -0.468 e. The SMILES string of the molecule is COC(=O)C(Cl)CP(=O)(OC)c1ccccc1. The van der Waals surface area contributed by atoms with Gasteiger partial charge in [0.1, 0.15) is 5.38 Å². The van der Waals surface area contributed by atoms with Crippen molar-refractivity contribution in [2.75, 3.05) is 20.4 Å². The topological polar surface area (TPSA) is 52.6 Å². The van der Waals surface area contributed by atoms with Crippen LogP contribution in [0.2, 0.25) is 0 Å². The van der Waals surface area contributed by atoms with Crippen LogP contribution in [0.15, 0.2) is 30.3 Å². The van der Waals surface area contributed by atoms with E-state index in [9.17, 15) is 9.36 Å². The summed E-state index contributed by atoms with van der Waals surface area (Å²) in [4.78, 5) is 11.2. The van der Waals surface area contributed by atoms with E-state index in [4.69, 9.17) is 16.1 Å². The molecule has 0 spiro atoms. The highest BCUT2D eigenvalue weighted by molar-refractivity contribution is 7.67. The van der Waals surface area contributed by atoms with Crippen molar-refractivity contribution in [2.24, 2.45) is 0 Å². The molecule has 1 aromatic carbocycles. The van der Waals surface area contributed by atoms with Gasteiger partial charge in [-0.05, 0) is 12.1 Å². The number of carbonyl (C=O) groups excluding carboxylic acids is 1. The van der Waals surface area contributed by atoms with Gasteiger partial charge in [0.15, 0.2) is 0 Å². The largest absolute Gasteiger partial charge is 0.468 e. The third-order valence-electron chi connectivity index (χ3n) is 2.30. The molecule has 0 aromatic heterocycles. The lowest BCUT2D eigenvalue weighted by Crippen LogP contribution is -2.23. The Kier molecular flexibility index (Phi) is 5.19. The summed E-state index contributed by atoms with van der Waals surface area (Å²) in [5.41, 5.74) is 0. The molecule has 94 valence electrons. The molecule has 0 heterocycles. The van der Waals surface area contributed by atoms with Crippen LogP contribution >= 0.6 is 19.0 Å². The van der Waals surface area contributed by atoms with Gasteiger partial charge in [0.05, 0.1) is 13.3 Å². The fourth-order valence-corrected chi connectivity index (χ4v) is 3.76. The van der Waals surface area contributed by atoms with Gasteiger partial charge < -0.3 is 9.26 Å². The van der Waals surface area contributed by atoms with Gasteiger partial charge in [-0.3, -0.25) is 9.36 Å². The van der Waals surface area contributed by atoms with Gasteiger partial charge in [0.25, 0.3) is 0 Å². The average Bonchev–Trinajstić information content (AvgIpc) is 2.38. The summed E-state index contributed by atoms with van der Waals surface area (Å²) in [5.74, 6) is -0.611. The molecule has 0 aliphatic carbocycles. The molecule has 1 rings (SSSR count). The van der Waals surface area contributed by atoms with Gasteiger partial charge in [0, 0.05) is 12.4 Å². The second-order valence-corrected chi connectivity index (χ2v) is 6.49. The van der Waals surface area contributed by atoms with Crippen molar-refractivity contribution in [1.82, 2.24) is 0 Å². The molecule has 6 heteroatoms. The summed E-state index contributed by atoms with van der Waals surface area (Å²) in [6.07, 6.45) is -0.0816. The van der Waals surface area contributed by atoms with E-state index in [0.29, 0.717) is 5.30 Å². The molecule has 1 aromatic rings. The number of hydrogen-bond acceptors (Lipinski definition) is 4. The molecule has 0 N–H and O–H groups in total. The van der Waals surface area contributed by atoms with Crippen LogP contribution in [0.25, 0.3) is 0 Å². The van der Waals surface area contributed by atoms with Crippen LogP contribution in [-0.2, 0) is 18.6 Å². The number of carbonyl (C=O) groups is 1. The van der Waals surface area contributed by atoms with Crippen molar-refractivity contribution in [3.63, 3.8) is 0 Å². The summed E-state index contributed by atoms with van der Waals surface area (Å²) in [7, 11) is -0.533. The first-order chi connectivity index (χ1) is 8.03. The molecule has 2 atom stereocenters. The van der Waals surface area contributed by atoms with Gasteiger partial charge in [0.2, 0.25) is 7.37 Å². The molecule has 0 aliphatic heterocycles. The zero-order valence-corrected chi connectivity index (χ0v) is 11.3. The number of rotatable bonds is 5. The summed E-state index contributed by atoms with van der Waals surface area (Å²) in [5, 5.41) is -0.442. The number of ether oxygens (including phenoxy) is 1. The Balaban J connectivity index is 2.91. The minimum absolute atomic E-state index is 0.0816. The first-order valence-electron chi connectivity index (χ1n) is 4.96. The van der Waals surface area contributed by atoms with E-state index in [2.05, 4.69) is 4.74 Å². The van der Waals surface area contributed by atoms with E-state index in [-0.39, 0.29) is 6.16 Å². The van der Waals surface area contributed by atoms with Crippen LogP contribution < -0.4 is 5.30 Å².